The summed E-state index contributed by atoms with van der Waals surface area (Å²) in [5.41, 5.74) is 3.83. The molecule has 166 valence electrons. The maximum atomic E-state index is 12.2. The van der Waals surface area contributed by atoms with Crippen molar-refractivity contribution in [3.63, 3.8) is 0 Å². The Morgan fingerprint density at radius 3 is 2.81 bits per heavy atom. The molecule has 2 aliphatic rings. The van der Waals surface area contributed by atoms with Crippen molar-refractivity contribution in [3.8, 4) is 0 Å². The Morgan fingerprint density at radius 2 is 2.06 bits per heavy atom. The summed E-state index contributed by atoms with van der Waals surface area (Å²) >= 11 is 0. The van der Waals surface area contributed by atoms with E-state index in [2.05, 4.69) is 63.3 Å². The molecule has 1 aromatic carbocycles. The number of nitrogens with zero attached hydrogens (tertiary/aromatic N) is 2. The lowest BCUT2D eigenvalue weighted by atomic mass is 9.80. The van der Waals surface area contributed by atoms with Crippen LogP contribution in [0.25, 0.3) is 16.3 Å². The number of aromatic nitrogens is 1. The number of rotatable bonds is 7. The minimum Gasteiger partial charge on any atom is -0.382 e. The molecule has 1 aromatic heterocycles. The second-order valence-electron chi connectivity index (χ2n) is 8.68. The molecule has 0 radical (unpaired) electrons. The first-order chi connectivity index (χ1) is 15.1. The van der Waals surface area contributed by atoms with E-state index >= 15 is 0 Å². The number of benzene rings is 1. The molecule has 1 saturated heterocycles. The van der Waals surface area contributed by atoms with Crippen molar-refractivity contribution in [1.82, 2.24) is 14.6 Å². The molecule has 4 rings (SSSR count). The fraction of sp³-hybridized carbons (Fsp3) is 0.480. The maximum Gasteiger partial charge on any atom is 0.144 e. The van der Waals surface area contributed by atoms with Gasteiger partial charge in [0.2, 0.25) is 0 Å². The van der Waals surface area contributed by atoms with Gasteiger partial charge in [0.15, 0.2) is 0 Å². The molecule has 2 N–H and O–H groups in total. The summed E-state index contributed by atoms with van der Waals surface area (Å²) in [5.74, 6) is 1.69. The molecule has 3 atom stereocenters. The van der Waals surface area contributed by atoms with Gasteiger partial charge >= 0.3 is 0 Å². The van der Waals surface area contributed by atoms with E-state index in [9.17, 15) is 4.21 Å². The topological polar surface area (TPSA) is 57.3 Å². The number of piperidine rings is 1. The smallest absolute Gasteiger partial charge is 0.144 e. The molecule has 6 heteroatoms. The van der Waals surface area contributed by atoms with Crippen LogP contribution in [0.2, 0.25) is 0 Å². The molecule has 0 spiro atoms. The number of nitrogens with one attached hydrogen (secondary N) is 2. The molecule has 3 unspecified atom stereocenters. The fourth-order valence-electron chi connectivity index (χ4n) is 4.83. The molecule has 1 aliphatic heterocycles. The molecule has 0 saturated carbocycles. The van der Waals surface area contributed by atoms with Gasteiger partial charge in [-0.2, -0.15) is 0 Å². The Hall–Kier alpha value is -2.02. The summed E-state index contributed by atoms with van der Waals surface area (Å²) in [4.78, 5) is 4.39. The normalized spacial score (nSPS) is 23.6. The highest BCUT2D eigenvalue weighted by molar-refractivity contribution is 7.82. The zero-order valence-corrected chi connectivity index (χ0v) is 19.7. The average Bonchev–Trinajstić information content (AvgIpc) is 2.80. The number of thiol groups is 1. The van der Waals surface area contributed by atoms with E-state index in [1.807, 2.05) is 26.4 Å². The SMILES string of the molecule is CC[SH+](=O)N1CCC(Nc2cc(C3=CC=CC(CNC)C3C)cc3ccncc23)CC1. The van der Waals surface area contributed by atoms with Gasteiger partial charge in [0.05, 0.1) is 0 Å². The summed E-state index contributed by atoms with van der Waals surface area (Å²) in [7, 11) is 0.816. The van der Waals surface area contributed by atoms with Crippen molar-refractivity contribution in [2.75, 3.05) is 37.8 Å². The number of fused-ring (bicyclic) bond motifs is 1. The molecule has 1 aliphatic carbocycles. The van der Waals surface area contributed by atoms with E-state index in [-0.39, 0.29) is 0 Å². The van der Waals surface area contributed by atoms with Gasteiger partial charge < -0.3 is 10.6 Å². The Kier molecular flexibility index (Phi) is 7.20. The van der Waals surface area contributed by atoms with E-state index in [1.54, 1.807) is 0 Å². The second-order valence-corrected chi connectivity index (χ2v) is 10.6. The predicted octanol–water partition coefficient (Wildman–Crippen LogP) is 4.17. The van der Waals surface area contributed by atoms with Crippen LogP contribution < -0.4 is 10.6 Å². The Morgan fingerprint density at radius 1 is 1.26 bits per heavy atom. The third-order valence-corrected chi connectivity index (χ3v) is 8.28. The van der Waals surface area contributed by atoms with E-state index in [0.29, 0.717) is 17.9 Å². The molecule has 2 aromatic rings. The first-order valence-corrected chi connectivity index (χ1v) is 12.9. The highest BCUT2D eigenvalue weighted by atomic mass is 32.2. The third kappa shape index (κ3) is 4.92. The quantitative estimate of drug-likeness (QED) is 0.502. The highest BCUT2D eigenvalue weighted by Gasteiger charge is 2.26. The lowest BCUT2D eigenvalue weighted by Crippen LogP contribution is -2.40. The molecular weight excluding hydrogens is 404 g/mol. The number of allylic oxidation sites excluding steroid dienone is 3. The monoisotopic (exact) mass is 439 g/mol. The van der Waals surface area contributed by atoms with Crippen molar-refractivity contribution in [2.24, 2.45) is 11.8 Å². The lowest BCUT2D eigenvalue weighted by molar-refractivity contribution is 0.342. The lowest BCUT2D eigenvalue weighted by Gasteiger charge is -2.30. The molecule has 2 heterocycles. The van der Waals surface area contributed by atoms with E-state index in [4.69, 9.17) is 0 Å². The van der Waals surface area contributed by atoms with Crippen molar-refractivity contribution in [2.45, 2.75) is 32.7 Å². The van der Waals surface area contributed by atoms with Crippen molar-refractivity contribution < 1.29 is 4.21 Å². The minimum atomic E-state index is -1.20. The summed E-state index contributed by atoms with van der Waals surface area (Å²) in [6.07, 6.45) is 12.6. The number of pyridine rings is 1. The van der Waals surface area contributed by atoms with Crippen LogP contribution >= 0.6 is 0 Å². The summed E-state index contributed by atoms with van der Waals surface area (Å²) in [6.45, 7) is 7.11. The minimum absolute atomic E-state index is 0.393. The zero-order valence-electron chi connectivity index (χ0n) is 18.8. The van der Waals surface area contributed by atoms with Crippen molar-refractivity contribution >= 4 is 33.0 Å². The highest BCUT2D eigenvalue weighted by Crippen LogP contribution is 2.37. The van der Waals surface area contributed by atoms with Gasteiger partial charge in [-0.3, -0.25) is 4.98 Å². The van der Waals surface area contributed by atoms with Crippen LogP contribution in [0.5, 0.6) is 0 Å². The standard InChI is InChI=1S/C25H34N4OS/c1-4-31(30)29-12-9-22(10-13-29)28-25-15-21(14-19-8-11-27-17-24(19)25)23-7-5-6-20(16-26-3)18(23)2/h5-8,11,14-15,17-18,20,22,26,28H,4,9-10,12-13,16H2,1-3H3/p+1. The Balaban J connectivity index is 1.60. The van der Waals surface area contributed by atoms with Gasteiger partial charge in [-0.15, -0.1) is 4.31 Å². The molecule has 0 bridgehead atoms. The van der Waals surface area contributed by atoms with Gasteiger partial charge in [-0.05, 0) is 73.4 Å². The van der Waals surface area contributed by atoms with Crippen LogP contribution in [0, 0.1) is 11.8 Å². The van der Waals surface area contributed by atoms with Crippen LogP contribution in [-0.2, 0) is 15.2 Å². The van der Waals surface area contributed by atoms with Crippen LogP contribution in [-0.4, -0.2) is 47.8 Å². The van der Waals surface area contributed by atoms with Gasteiger partial charge in [-0.25, -0.2) is 0 Å². The summed E-state index contributed by atoms with van der Waals surface area (Å²) < 4.78 is 14.3. The van der Waals surface area contributed by atoms with E-state index in [1.165, 1.54) is 21.9 Å². The maximum absolute atomic E-state index is 12.2. The van der Waals surface area contributed by atoms with Gasteiger partial charge in [-0.1, -0.05) is 29.4 Å². The van der Waals surface area contributed by atoms with E-state index in [0.717, 1.165) is 43.9 Å². The van der Waals surface area contributed by atoms with Crippen LogP contribution in [0.4, 0.5) is 5.69 Å². The number of hydrogen-bond donors (Lipinski definition) is 2. The molecule has 1 fully saturated rings. The predicted molar refractivity (Wildman–Crippen MR) is 134 cm³/mol. The molecule has 0 amide bonds. The molecule has 5 nitrogen and oxygen atoms in total. The van der Waals surface area contributed by atoms with Crippen LogP contribution in [0.15, 0.2) is 48.8 Å². The number of anilines is 1. The molecule has 31 heavy (non-hydrogen) atoms. The fourth-order valence-corrected chi connectivity index (χ4v) is 5.91. The third-order valence-electron chi connectivity index (χ3n) is 6.71. The Labute approximate surface area is 188 Å². The van der Waals surface area contributed by atoms with E-state index < -0.39 is 11.0 Å². The number of hydrogen-bond acceptors (Lipinski definition) is 4. The van der Waals surface area contributed by atoms with Gasteiger partial charge in [0.1, 0.15) is 16.7 Å². The largest absolute Gasteiger partial charge is 0.382 e. The van der Waals surface area contributed by atoms with Crippen molar-refractivity contribution in [1.29, 1.82) is 0 Å². The Bertz CT molecular complexity index is 994. The van der Waals surface area contributed by atoms with Crippen LogP contribution in [0.3, 0.4) is 0 Å². The second kappa shape index (κ2) is 10.1. The van der Waals surface area contributed by atoms with Gasteiger partial charge in [0.25, 0.3) is 0 Å². The molecular formula is C25H35N4OS+. The van der Waals surface area contributed by atoms with Crippen molar-refractivity contribution in [3.05, 3.63) is 54.4 Å². The zero-order chi connectivity index (χ0) is 21.8. The first-order valence-electron chi connectivity index (χ1n) is 11.5. The summed E-state index contributed by atoms with van der Waals surface area (Å²) in [6, 6.07) is 7.10. The first kappa shape index (κ1) is 22.2. The van der Waals surface area contributed by atoms with Gasteiger partial charge in [0, 0.05) is 49.1 Å². The van der Waals surface area contributed by atoms with Crippen LogP contribution in [0.1, 0.15) is 32.3 Å². The summed E-state index contributed by atoms with van der Waals surface area (Å²) in [5, 5.41) is 9.52. The average molecular weight is 440 g/mol.